The van der Waals surface area contributed by atoms with Gasteiger partial charge in [-0.25, -0.2) is 0 Å². The number of benzene rings is 2. The molecule has 0 fully saturated rings. The molecule has 0 bridgehead atoms. The minimum absolute atomic E-state index is 0.650. The maximum atomic E-state index is 5.34. The smallest absolute Gasteiger partial charge is 0.170 e. The Kier molecular flexibility index (Phi) is 7.54. The van der Waals surface area contributed by atoms with E-state index in [9.17, 15) is 0 Å². The molecule has 25 heavy (non-hydrogen) atoms. The van der Waals surface area contributed by atoms with E-state index in [0.29, 0.717) is 5.11 Å². The first-order valence-corrected chi connectivity index (χ1v) is 8.91. The highest BCUT2D eigenvalue weighted by molar-refractivity contribution is 7.80. The first-order chi connectivity index (χ1) is 12.2. The van der Waals surface area contributed by atoms with Crippen LogP contribution in [0, 0.1) is 0 Å². The Balaban J connectivity index is 1.74. The predicted molar refractivity (Wildman–Crippen MR) is 108 cm³/mol. The number of hydrogen-bond acceptors (Lipinski definition) is 3. The van der Waals surface area contributed by atoms with Gasteiger partial charge in [-0.05, 0) is 66.9 Å². The van der Waals surface area contributed by atoms with E-state index in [2.05, 4.69) is 47.9 Å². The number of ether oxygens (including phenoxy) is 2. The molecule has 0 atom stereocenters. The van der Waals surface area contributed by atoms with Crippen molar-refractivity contribution in [3.8, 4) is 11.5 Å². The van der Waals surface area contributed by atoms with E-state index in [0.717, 1.165) is 43.0 Å². The average molecular weight is 359 g/mol. The molecule has 5 heteroatoms. The third-order valence-corrected chi connectivity index (χ3v) is 4.24. The van der Waals surface area contributed by atoms with E-state index in [1.165, 1.54) is 11.1 Å². The molecule has 0 aliphatic carbocycles. The standard InChI is InChI=1S/C20H26N2O2S/c1-4-15-7-10-17(11-8-15)22-20(25)21-13-5-6-16-9-12-18(23-2)19(14-16)24-3/h7-12,14H,4-6,13H2,1-3H3,(H2,21,22,25). The fourth-order valence-electron chi connectivity index (χ4n) is 2.53. The second kappa shape index (κ2) is 9.89. The number of rotatable bonds is 8. The van der Waals surface area contributed by atoms with Crippen molar-refractivity contribution in [2.45, 2.75) is 26.2 Å². The largest absolute Gasteiger partial charge is 0.493 e. The fourth-order valence-corrected chi connectivity index (χ4v) is 2.75. The molecule has 0 aliphatic heterocycles. The van der Waals surface area contributed by atoms with Gasteiger partial charge >= 0.3 is 0 Å². The van der Waals surface area contributed by atoms with Crippen molar-refractivity contribution in [1.82, 2.24) is 5.32 Å². The van der Waals surface area contributed by atoms with Crippen LogP contribution in [0.25, 0.3) is 0 Å². The van der Waals surface area contributed by atoms with Crippen molar-refractivity contribution in [1.29, 1.82) is 0 Å². The first kappa shape index (κ1) is 19.1. The number of aryl methyl sites for hydroxylation is 2. The van der Waals surface area contributed by atoms with Crippen molar-refractivity contribution in [2.24, 2.45) is 0 Å². The zero-order valence-corrected chi connectivity index (χ0v) is 15.9. The molecule has 0 amide bonds. The molecule has 0 aliphatic rings. The van der Waals surface area contributed by atoms with Gasteiger partial charge in [0, 0.05) is 12.2 Å². The number of anilines is 1. The summed E-state index contributed by atoms with van der Waals surface area (Å²) in [7, 11) is 3.30. The zero-order chi connectivity index (χ0) is 18.1. The van der Waals surface area contributed by atoms with E-state index < -0.39 is 0 Å². The van der Waals surface area contributed by atoms with Crippen LogP contribution in [-0.2, 0) is 12.8 Å². The SMILES string of the molecule is CCc1ccc(NC(=S)NCCCc2ccc(OC)c(OC)c2)cc1. The second-order valence-electron chi connectivity index (χ2n) is 5.72. The fraction of sp³-hybridized carbons (Fsp3) is 0.350. The molecule has 0 radical (unpaired) electrons. The van der Waals surface area contributed by atoms with Crippen molar-refractivity contribution >= 4 is 23.0 Å². The van der Waals surface area contributed by atoms with Gasteiger partial charge in [0.25, 0.3) is 0 Å². The Bertz CT molecular complexity index is 687. The van der Waals surface area contributed by atoms with Crippen LogP contribution in [0.15, 0.2) is 42.5 Å². The van der Waals surface area contributed by atoms with Gasteiger partial charge in [0.2, 0.25) is 0 Å². The Hall–Kier alpha value is -2.27. The van der Waals surface area contributed by atoms with Crippen LogP contribution in [-0.4, -0.2) is 25.9 Å². The average Bonchev–Trinajstić information content (AvgIpc) is 2.65. The monoisotopic (exact) mass is 358 g/mol. The highest BCUT2D eigenvalue weighted by atomic mass is 32.1. The summed E-state index contributed by atoms with van der Waals surface area (Å²) >= 11 is 5.34. The van der Waals surface area contributed by atoms with Crippen LogP contribution in [0.1, 0.15) is 24.5 Å². The topological polar surface area (TPSA) is 42.5 Å². The normalized spacial score (nSPS) is 10.2. The lowest BCUT2D eigenvalue weighted by Gasteiger charge is -2.12. The lowest BCUT2D eigenvalue weighted by atomic mass is 10.1. The van der Waals surface area contributed by atoms with Gasteiger partial charge in [-0.1, -0.05) is 25.1 Å². The maximum Gasteiger partial charge on any atom is 0.170 e. The maximum absolute atomic E-state index is 5.34. The highest BCUT2D eigenvalue weighted by Crippen LogP contribution is 2.27. The summed E-state index contributed by atoms with van der Waals surface area (Å²) in [5.74, 6) is 1.52. The lowest BCUT2D eigenvalue weighted by molar-refractivity contribution is 0.354. The molecule has 134 valence electrons. The second-order valence-corrected chi connectivity index (χ2v) is 6.13. The molecule has 0 saturated heterocycles. The van der Waals surface area contributed by atoms with Crippen LogP contribution < -0.4 is 20.1 Å². The Morgan fingerprint density at radius 3 is 2.28 bits per heavy atom. The molecular weight excluding hydrogens is 332 g/mol. The number of methoxy groups -OCH3 is 2. The molecule has 4 nitrogen and oxygen atoms in total. The predicted octanol–water partition coefficient (Wildman–Crippen LogP) is 4.19. The van der Waals surface area contributed by atoms with Crippen LogP contribution >= 0.6 is 12.2 Å². The van der Waals surface area contributed by atoms with Crippen LogP contribution in [0.3, 0.4) is 0 Å². The third kappa shape index (κ3) is 5.94. The van der Waals surface area contributed by atoms with E-state index in [4.69, 9.17) is 21.7 Å². The summed E-state index contributed by atoms with van der Waals surface area (Å²) in [6.45, 7) is 2.96. The van der Waals surface area contributed by atoms with E-state index in [-0.39, 0.29) is 0 Å². The van der Waals surface area contributed by atoms with Gasteiger partial charge in [-0.2, -0.15) is 0 Å². The Morgan fingerprint density at radius 1 is 0.960 bits per heavy atom. The number of nitrogens with one attached hydrogen (secondary N) is 2. The van der Waals surface area contributed by atoms with Crippen LogP contribution in [0.5, 0.6) is 11.5 Å². The molecule has 0 heterocycles. The number of thiocarbonyl (C=S) groups is 1. The van der Waals surface area contributed by atoms with Gasteiger partial charge in [-0.3, -0.25) is 0 Å². The minimum Gasteiger partial charge on any atom is -0.493 e. The van der Waals surface area contributed by atoms with Crippen molar-refractivity contribution in [2.75, 3.05) is 26.1 Å². The van der Waals surface area contributed by atoms with Crippen LogP contribution in [0.2, 0.25) is 0 Å². The Morgan fingerprint density at radius 2 is 1.64 bits per heavy atom. The number of hydrogen-bond donors (Lipinski definition) is 2. The summed E-state index contributed by atoms with van der Waals surface area (Å²) in [4.78, 5) is 0. The van der Waals surface area contributed by atoms with Crippen molar-refractivity contribution in [3.05, 3.63) is 53.6 Å². The van der Waals surface area contributed by atoms with E-state index >= 15 is 0 Å². The lowest BCUT2D eigenvalue weighted by Crippen LogP contribution is -2.29. The van der Waals surface area contributed by atoms with Gasteiger partial charge in [0.15, 0.2) is 16.6 Å². The molecule has 0 saturated carbocycles. The van der Waals surface area contributed by atoms with E-state index in [1.54, 1.807) is 14.2 Å². The summed E-state index contributed by atoms with van der Waals surface area (Å²) in [5.41, 5.74) is 3.54. The Labute approximate surface area is 155 Å². The summed E-state index contributed by atoms with van der Waals surface area (Å²) in [6.07, 6.45) is 2.96. The van der Waals surface area contributed by atoms with Gasteiger partial charge in [0.1, 0.15) is 0 Å². The summed E-state index contributed by atoms with van der Waals surface area (Å²) in [6, 6.07) is 14.3. The van der Waals surface area contributed by atoms with Gasteiger partial charge < -0.3 is 20.1 Å². The molecule has 2 N–H and O–H groups in total. The summed E-state index contributed by atoms with van der Waals surface area (Å²) < 4.78 is 10.6. The zero-order valence-electron chi connectivity index (χ0n) is 15.1. The molecular formula is C20H26N2O2S. The summed E-state index contributed by atoms with van der Waals surface area (Å²) in [5, 5.41) is 7.10. The van der Waals surface area contributed by atoms with Gasteiger partial charge in [-0.15, -0.1) is 0 Å². The third-order valence-electron chi connectivity index (χ3n) is 4.00. The minimum atomic E-state index is 0.650. The first-order valence-electron chi connectivity index (χ1n) is 8.51. The molecule has 0 aromatic heterocycles. The van der Waals surface area contributed by atoms with Gasteiger partial charge in [0.05, 0.1) is 14.2 Å². The molecule has 2 aromatic rings. The molecule has 0 unspecified atom stereocenters. The van der Waals surface area contributed by atoms with Crippen molar-refractivity contribution < 1.29 is 9.47 Å². The van der Waals surface area contributed by atoms with Crippen LogP contribution in [0.4, 0.5) is 5.69 Å². The molecule has 2 aromatic carbocycles. The highest BCUT2D eigenvalue weighted by Gasteiger charge is 2.04. The molecule has 0 spiro atoms. The van der Waals surface area contributed by atoms with Crippen molar-refractivity contribution in [3.63, 3.8) is 0 Å². The van der Waals surface area contributed by atoms with E-state index in [1.807, 2.05) is 12.1 Å². The molecule has 2 rings (SSSR count). The quantitative estimate of drug-likeness (QED) is 0.547.